The van der Waals surface area contributed by atoms with Gasteiger partial charge >= 0.3 is 12.1 Å². The number of rotatable bonds is 9. The number of carbonyl (C=O) groups excluding carboxylic acids is 1. The molecule has 45 heavy (non-hydrogen) atoms. The number of carbonyl (C=O) groups is 2. The van der Waals surface area contributed by atoms with Crippen LogP contribution in [-0.4, -0.2) is 43.3 Å². The summed E-state index contributed by atoms with van der Waals surface area (Å²) in [6.07, 6.45) is -4.46. The van der Waals surface area contributed by atoms with E-state index in [1.54, 1.807) is 36.4 Å². The molecule has 1 fully saturated rings. The minimum Gasteiger partial charge on any atom is -0.489 e. The maximum atomic E-state index is 13.2. The van der Waals surface area contributed by atoms with Crippen LogP contribution in [0.3, 0.4) is 0 Å². The summed E-state index contributed by atoms with van der Waals surface area (Å²) in [6, 6.07) is 22.3. The maximum absolute atomic E-state index is 13.2. The minimum atomic E-state index is -4.46. The van der Waals surface area contributed by atoms with Gasteiger partial charge in [0.25, 0.3) is 5.91 Å². The normalized spacial score (nSPS) is 13.5. The number of morpholine rings is 1. The summed E-state index contributed by atoms with van der Waals surface area (Å²) < 4.78 is 50.1. The molecule has 0 bridgehead atoms. The highest BCUT2D eigenvalue weighted by Crippen LogP contribution is 2.35. The van der Waals surface area contributed by atoms with E-state index in [1.165, 1.54) is 12.1 Å². The largest absolute Gasteiger partial charge is 0.489 e. The molecule has 234 valence electrons. The molecule has 4 aromatic rings. The summed E-state index contributed by atoms with van der Waals surface area (Å²) in [5, 5.41) is 12.9. The van der Waals surface area contributed by atoms with Crippen molar-refractivity contribution >= 4 is 23.3 Å². The van der Waals surface area contributed by atoms with Crippen LogP contribution in [0.4, 0.5) is 24.5 Å². The van der Waals surface area contributed by atoms with Gasteiger partial charge in [0.1, 0.15) is 12.4 Å². The monoisotopic (exact) mass is 618 g/mol. The van der Waals surface area contributed by atoms with Crippen molar-refractivity contribution in [1.29, 1.82) is 0 Å². The van der Waals surface area contributed by atoms with E-state index in [1.807, 2.05) is 38.1 Å². The van der Waals surface area contributed by atoms with Crippen LogP contribution in [0, 0.1) is 0 Å². The predicted molar refractivity (Wildman–Crippen MR) is 166 cm³/mol. The SMILES string of the molecule is CC(C)c1cc(NC(=O)c2ccc(N3CCOCC3)cc2)c(C(=O)O)cc1-c1ccc(COc2cccc(C(F)(F)F)c2)cc1. The molecule has 1 aliphatic heterocycles. The molecule has 0 aliphatic carbocycles. The molecule has 2 N–H and O–H groups in total. The first kappa shape index (κ1) is 31.6. The first-order valence-electron chi connectivity index (χ1n) is 14.5. The van der Waals surface area contributed by atoms with Crippen LogP contribution in [-0.2, 0) is 17.5 Å². The van der Waals surface area contributed by atoms with Crippen LogP contribution >= 0.6 is 0 Å². The molecule has 1 amide bonds. The lowest BCUT2D eigenvalue weighted by Gasteiger charge is -2.28. The van der Waals surface area contributed by atoms with Crippen molar-refractivity contribution in [3.63, 3.8) is 0 Å². The van der Waals surface area contributed by atoms with Gasteiger partial charge in [-0.15, -0.1) is 0 Å². The fourth-order valence-corrected chi connectivity index (χ4v) is 5.17. The van der Waals surface area contributed by atoms with E-state index in [4.69, 9.17) is 9.47 Å². The molecule has 5 rings (SSSR count). The Kier molecular flexibility index (Phi) is 9.43. The molecule has 0 aromatic heterocycles. The molecule has 0 radical (unpaired) electrons. The number of amides is 1. The number of halogens is 3. The fourth-order valence-electron chi connectivity index (χ4n) is 5.17. The van der Waals surface area contributed by atoms with E-state index in [-0.39, 0.29) is 29.5 Å². The van der Waals surface area contributed by atoms with E-state index in [2.05, 4.69) is 10.2 Å². The number of carboxylic acid groups (broad SMARTS) is 1. The number of nitrogens with one attached hydrogen (secondary N) is 1. The van der Waals surface area contributed by atoms with Gasteiger partial charge in [-0.3, -0.25) is 4.79 Å². The summed E-state index contributed by atoms with van der Waals surface area (Å²) in [7, 11) is 0. The van der Waals surface area contributed by atoms with E-state index in [9.17, 15) is 27.9 Å². The Labute approximate surface area is 259 Å². The lowest BCUT2D eigenvalue weighted by Crippen LogP contribution is -2.36. The number of alkyl halides is 3. The van der Waals surface area contributed by atoms with Gasteiger partial charge in [-0.05, 0) is 82.8 Å². The van der Waals surface area contributed by atoms with E-state index in [0.717, 1.165) is 47.6 Å². The Morgan fingerprint density at radius 2 is 1.64 bits per heavy atom. The molecular formula is C35H33F3N2O5. The van der Waals surface area contributed by atoms with Crippen molar-refractivity contribution < 1.29 is 37.3 Å². The maximum Gasteiger partial charge on any atom is 0.416 e. The molecule has 4 aromatic carbocycles. The van der Waals surface area contributed by atoms with Crippen molar-refractivity contribution in [3.05, 3.63) is 113 Å². The zero-order chi connectivity index (χ0) is 32.1. The quantitative estimate of drug-likeness (QED) is 0.199. The lowest BCUT2D eigenvalue weighted by atomic mass is 9.89. The highest BCUT2D eigenvalue weighted by molar-refractivity contribution is 6.08. The number of anilines is 2. The number of ether oxygens (including phenoxy) is 2. The van der Waals surface area contributed by atoms with Crippen molar-refractivity contribution in [2.24, 2.45) is 0 Å². The van der Waals surface area contributed by atoms with Gasteiger partial charge in [0.2, 0.25) is 0 Å². The zero-order valence-corrected chi connectivity index (χ0v) is 24.9. The molecule has 7 nitrogen and oxygen atoms in total. The summed E-state index contributed by atoms with van der Waals surface area (Å²) in [5.41, 5.74) is 3.76. The van der Waals surface area contributed by atoms with Crippen LogP contribution in [0.15, 0.2) is 84.9 Å². The van der Waals surface area contributed by atoms with Crippen LogP contribution in [0.5, 0.6) is 5.75 Å². The third-order valence-electron chi connectivity index (χ3n) is 7.63. The third kappa shape index (κ3) is 7.64. The fraction of sp³-hybridized carbons (Fsp3) is 0.257. The third-order valence-corrected chi connectivity index (χ3v) is 7.63. The molecule has 0 saturated carbocycles. The Morgan fingerprint density at radius 1 is 0.956 bits per heavy atom. The predicted octanol–water partition coefficient (Wildman–Crippen LogP) is 7.86. The van der Waals surface area contributed by atoms with Gasteiger partial charge in [0.15, 0.2) is 0 Å². The Balaban J connectivity index is 1.34. The van der Waals surface area contributed by atoms with Gasteiger partial charge in [0, 0.05) is 24.3 Å². The van der Waals surface area contributed by atoms with E-state index >= 15 is 0 Å². The molecule has 0 atom stereocenters. The van der Waals surface area contributed by atoms with Crippen molar-refractivity contribution in [2.75, 3.05) is 36.5 Å². The van der Waals surface area contributed by atoms with Crippen LogP contribution in [0.2, 0.25) is 0 Å². The number of carboxylic acids is 1. The van der Waals surface area contributed by atoms with Gasteiger partial charge in [-0.1, -0.05) is 44.2 Å². The van der Waals surface area contributed by atoms with Crippen LogP contribution in [0.25, 0.3) is 11.1 Å². The van der Waals surface area contributed by atoms with Gasteiger partial charge in [-0.25, -0.2) is 4.79 Å². The molecule has 0 spiro atoms. The first-order valence-corrected chi connectivity index (χ1v) is 14.5. The number of benzene rings is 4. The second-order valence-corrected chi connectivity index (χ2v) is 11.1. The average molecular weight is 619 g/mol. The van der Waals surface area contributed by atoms with Gasteiger partial charge in [-0.2, -0.15) is 13.2 Å². The Bertz CT molecular complexity index is 1660. The van der Waals surface area contributed by atoms with E-state index < -0.39 is 23.6 Å². The number of hydrogen-bond acceptors (Lipinski definition) is 5. The first-order chi connectivity index (χ1) is 21.5. The van der Waals surface area contributed by atoms with Crippen LogP contribution < -0.4 is 15.0 Å². The Morgan fingerprint density at radius 3 is 2.27 bits per heavy atom. The summed E-state index contributed by atoms with van der Waals surface area (Å²) in [5.74, 6) is -1.50. The molecule has 1 aliphatic rings. The highest BCUT2D eigenvalue weighted by Gasteiger charge is 2.30. The number of aromatic carboxylic acids is 1. The van der Waals surface area contributed by atoms with Gasteiger partial charge in [0.05, 0.1) is 30.0 Å². The summed E-state index contributed by atoms with van der Waals surface area (Å²) in [6.45, 7) is 6.85. The molecule has 1 heterocycles. The Hall–Kier alpha value is -4.83. The van der Waals surface area contributed by atoms with Crippen molar-refractivity contribution in [1.82, 2.24) is 0 Å². The van der Waals surface area contributed by atoms with Crippen LogP contribution in [0.1, 0.15) is 57.2 Å². The second kappa shape index (κ2) is 13.4. The lowest BCUT2D eigenvalue weighted by molar-refractivity contribution is -0.137. The van der Waals surface area contributed by atoms with Gasteiger partial charge < -0.3 is 24.8 Å². The van der Waals surface area contributed by atoms with Crippen molar-refractivity contribution in [2.45, 2.75) is 32.5 Å². The second-order valence-electron chi connectivity index (χ2n) is 11.1. The molecular weight excluding hydrogens is 585 g/mol. The topological polar surface area (TPSA) is 88.1 Å². The molecule has 0 unspecified atom stereocenters. The highest BCUT2D eigenvalue weighted by atomic mass is 19.4. The summed E-state index contributed by atoms with van der Waals surface area (Å²) in [4.78, 5) is 27.7. The minimum absolute atomic E-state index is 0.00442. The number of hydrogen-bond donors (Lipinski definition) is 2. The summed E-state index contributed by atoms with van der Waals surface area (Å²) >= 11 is 0. The smallest absolute Gasteiger partial charge is 0.416 e. The van der Waals surface area contributed by atoms with Crippen molar-refractivity contribution in [3.8, 4) is 16.9 Å². The van der Waals surface area contributed by atoms with E-state index in [0.29, 0.717) is 24.3 Å². The average Bonchev–Trinajstić information content (AvgIpc) is 3.04. The molecule has 10 heteroatoms. The standard InChI is InChI=1S/C35H33F3N2O5/c1-22(2)29-20-32(39-33(41)25-10-12-27(13-11-25)40-14-16-44-17-15-40)31(34(42)43)19-30(29)24-8-6-23(7-9-24)21-45-28-5-3-4-26(18-28)35(36,37)38/h3-13,18-20,22H,14-17,21H2,1-2H3,(H,39,41)(H,42,43). The zero-order valence-electron chi connectivity index (χ0n) is 24.9. The molecule has 1 saturated heterocycles. The number of nitrogens with zero attached hydrogens (tertiary/aromatic N) is 1.